The van der Waals surface area contributed by atoms with Gasteiger partial charge in [-0.15, -0.1) is 0 Å². The van der Waals surface area contributed by atoms with E-state index in [4.69, 9.17) is 4.74 Å². The Kier molecular flexibility index (Phi) is 7.18. The number of hydrogen-bond donors (Lipinski definition) is 1. The quantitative estimate of drug-likeness (QED) is 0.300. The molecule has 1 amide bonds. The average Bonchev–Trinajstić information content (AvgIpc) is 2.98. The van der Waals surface area contributed by atoms with E-state index in [1.54, 1.807) is 30.2 Å². The molecular formula is C34H34F2N4O4. The number of halogens is 2. The molecule has 6 rings (SSSR count). The summed E-state index contributed by atoms with van der Waals surface area (Å²) in [5.74, 6) is -2.31. The number of piperazine rings is 1. The maximum absolute atomic E-state index is 17.3. The number of hydrogen-bond acceptors (Lipinski definition) is 6. The molecule has 8 nitrogen and oxygen atoms in total. The summed E-state index contributed by atoms with van der Waals surface area (Å²) in [6, 6.07) is 6.74. The third kappa shape index (κ3) is 4.34. The molecule has 1 saturated heterocycles. The van der Waals surface area contributed by atoms with Gasteiger partial charge in [-0.25, -0.2) is 8.78 Å². The molecule has 2 atom stereocenters. The fourth-order valence-corrected chi connectivity index (χ4v) is 6.63. The van der Waals surface area contributed by atoms with Crippen molar-refractivity contribution in [1.29, 1.82) is 0 Å². The molecule has 0 saturated carbocycles. The normalized spacial score (nSPS) is 17.8. The first-order valence-corrected chi connectivity index (χ1v) is 14.6. The van der Waals surface area contributed by atoms with Gasteiger partial charge in [0.15, 0.2) is 5.82 Å². The van der Waals surface area contributed by atoms with E-state index in [9.17, 15) is 14.7 Å². The lowest BCUT2D eigenvalue weighted by Crippen LogP contribution is -2.62. The van der Waals surface area contributed by atoms with Crippen molar-refractivity contribution < 1.29 is 23.4 Å². The summed E-state index contributed by atoms with van der Waals surface area (Å²) in [7, 11) is 0. The third-order valence-electron chi connectivity index (χ3n) is 8.70. The number of aryl methyl sites for hydroxylation is 2. The number of fused-ring (bicyclic) bond motifs is 5. The van der Waals surface area contributed by atoms with Crippen molar-refractivity contribution in [2.24, 2.45) is 0 Å². The molecule has 2 aliphatic heterocycles. The van der Waals surface area contributed by atoms with E-state index in [-0.39, 0.29) is 52.9 Å². The first-order chi connectivity index (χ1) is 21.0. The zero-order valence-electron chi connectivity index (χ0n) is 25.3. The molecule has 4 aromatic rings. The van der Waals surface area contributed by atoms with E-state index in [0.717, 1.165) is 6.07 Å². The van der Waals surface area contributed by atoms with Crippen LogP contribution in [-0.2, 0) is 4.79 Å². The van der Waals surface area contributed by atoms with Crippen LogP contribution in [0.4, 0.5) is 14.5 Å². The molecule has 1 N–H and O–H groups in total. The molecule has 2 unspecified atom stereocenters. The molecule has 0 bridgehead atoms. The predicted molar refractivity (Wildman–Crippen MR) is 166 cm³/mol. The second-order valence-electron chi connectivity index (χ2n) is 11.9. The number of amides is 1. The summed E-state index contributed by atoms with van der Waals surface area (Å²) in [4.78, 5) is 35.4. The maximum Gasteiger partial charge on any atom is 0.300 e. The van der Waals surface area contributed by atoms with Crippen LogP contribution in [0.2, 0.25) is 0 Å². The van der Waals surface area contributed by atoms with Crippen LogP contribution in [0.1, 0.15) is 43.5 Å². The number of phenols is 1. The summed E-state index contributed by atoms with van der Waals surface area (Å²) >= 11 is 0. The molecular weight excluding hydrogens is 566 g/mol. The topological polar surface area (TPSA) is 87.9 Å². The van der Waals surface area contributed by atoms with Gasteiger partial charge in [0.1, 0.15) is 18.2 Å². The van der Waals surface area contributed by atoms with Crippen LogP contribution >= 0.6 is 0 Å². The van der Waals surface area contributed by atoms with Crippen LogP contribution in [0.25, 0.3) is 27.7 Å². The number of rotatable bonds is 4. The van der Waals surface area contributed by atoms with Crippen molar-refractivity contribution in [2.45, 2.75) is 52.6 Å². The Balaban J connectivity index is 1.75. The summed E-state index contributed by atoms with van der Waals surface area (Å²) in [6.45, 7) is 13.7. The highest BCUT2D eigenvalue weighted by Gasteiger charge is 2.41. The van der Waals surface area contributed by atoms with Crippen LogP contribution in [0, 0.1) is 25.5 Å². The Morgan fingerprint density at radius 3 is 2.57 bits per heavy atom. The van der Waals surface area contributed by atoms with Crippen LogP contribution < -0.4 is 15.2 Å². The molecule has 2 aromatic heterocycles. The van der Waals surface area contributed by atoms with Crippen LogP contribution in [0.15, 0.2) is 54.0 Å². The number of phenolic OH excluding ortho intramolecular Hbond substituents is 1. The van der Waals surface area contributed by atoms with Crippen LogP contribution in [0.5, 0.6) is 11.5 Å². The van der Waals surface area contributed by atoms with Crippen LogP contribution in [-0.4, -0.2) is 57.2 Å². The average molecular weight is 601 g/mol. The van der Waals surface area contributed by atoms with Gasteiger partial charge in [-0.1, -0.05) is 26.5 Å². The number of nitrogens with zero attached hydrogens (tertiary/aromatic N) is 4. The summed E-state index contributed by atoms with van der Waals surface area (Å²) < 4.78 is 40.0. The number of aromatic nitrogens is 2. The molecule has 1 fully saturated rings. The number of carbonyl (C=O) groups excluding carboxylic acids is 1. The monoisotopic (exact) mass is 600 g/mol. The Morgan fingerprint density at radius 2 is 1.89 bits per heavy atom. The standard InChI is InChI=1S/C34H34F2N4O4/c1-7-25(42)38-15-21-16-44-33-32(39(21)14-20(38)6)22-13-19(5)26(27-23(35)9-8-10-24(27)41)28(36)31(22)40(34(33)43)30-18(4)11-12-37-29(30)17(2)3/h7-13,17,20-21,41H,1,14-16H2,2-6H3. The van der Waals surface area contributed by atoms with Crippen molar-refractivity contribution in [3.05, 3.63) is 88.0 Å². The van der Waals surface area contributed by atoms with Gasteiger partial charge in [0.2, 0.25) is 11.7 Å². The van der Waals surface area contributed by atoms with Gasteiger partial charge >= 0.3 is 0 Å². The first kappa shape index (κ1) is 29.3. The molecule has 4 heterocycles. The van der Waals surface area contributed by atoms with Gasteiger partial charge in [0.25, 0.3) is 5.56 Å². The van der Waals surface area contributed by atoms with Gasteiger partial charge in [0.05, 0.1) is 34.2 Å². The van der Waals surface area contributed by atoms with Crippen molar-refractivity contribution in [2.75, 3.05) is 24.6 Å². The molecule has 228 valence electrons. The van der Waals surface area contributed by atoms with E-state index >= 15 is 8.78 Å². The van der Waals surface area contributed by atoms with Gasteiger partial charge in [-0.05, 0) is 68.2 Å². The first-order valence-electron chi connectivity index (χ1n) is 14.6. The molecule has 2 aromatic carbocycles. The summed E-state index contributed by atoms with van der Waals surface area (Å²) in [5.41, 5.74) is 1.42. The van der Waals surface area contributed by atoms with E-state index in [2.05, 4.69) is 11.6 Å². The largest absolute Gasteiger partial charge is 0.507 e. The number of pyridine rings is 2. The van der Waals surface area contributed by atoms with E-state index in [0.29, 0.717) is 46.7 Å². The molecule has 0 spiro atoms. The number of aromatic hydroxyl groups is 1. The zero-order valence-corrected chi connectivity index (χ0v) is 25.3. The van der Waals surface area contributed by atoms with Crippen molar-refractivity contribution >= 4 is 22.5 Å². The minimum Gasteiger partial charge on any atom is -0.507 e. The number of ether oxygens (including phenoxy) is 1. The molecule has 10 heteroatoms. The highest BCUT2D eigenvalue weighted by Crippen LogP contribution is 2.46. The highest BCUT2D eigenvalue weighted by atomic mass is 19.1. The Labute approximate surface area is 253 Å². The molecule has 44 heavy (non-hydrogen) atoms. The van der Waals surface area contributed by atoms with Gasteiger partial charge in [-0.2, -0.15) is 0 Å². The van der Waals surface area contributed by atoms with Crippen molar-refractivity contribution in [3.8, 4) is 28.3 Å². The molecule has 2 aliphatic rings. The smallest absolute Gasteiger partial charge is 0.300 e. The number of carbonyl (C=O) groups is 1. The lowest BCUT2D eigenvalue weighted by Gasteiger charge is -2.48. The maximum atomic E-state index is 17.3. The zero-order chi connectivity index (χ0) is 31.6. The SMILES string of the molecule is C=CC(=O)N1CC2COc3c(c4cc(C)c(-c5c(O)cccc5F)c(F)c4n(-c4c(C)ccnc4C(C)C)c3=O)N2CC1C. The fourth-order valence-electron chi connectivity index (χ4n) is 6.63. The minimum absolute atomic E-state index is 0.0719. The van der Waals surface area contributed by atoms with Crippen molar-refractivity contribution in [3.63, 3.8) is 0 Å². The van der Waals surface area contributed by atoms with E-state index in [1.807, 2.05) is 32.6 Å². The fraction of sp³-hybridized carbons (Fsp3) is 0.324. The third-order valence-corrected chi connectivity index (χ3v) is 8.70. The van der Waals surface area contributed by atoms with Crippen LogP contribution in [0.3, 0.4) is 0 Å². The highest BCUT2D eigenvalue weighted by molar-refractivity contribution is 6.01. The summed E-state index contributed by atoms with van der Waals surface area (Å²) in [5, 5.41) is 11.1. The lowest BCUT2D eigenvalue weighted by atomic mass is 9.93. The second kappa shape index (κ2) is 10.8. The van der Waals surface area contributed by atoms with Gasteiger partial charge in [0, 0.05) is 36.3 Å². The summed E-state index contributed by atoms with van der Waals surface area (Å²) in [6.07, 6.45) is 2.93. The molecule has 0 aliphatic carbocycles. The van der Waals surface area contributed by atoms with E-state index in [1.165, 1.54) is 22.8 Å². The van der Waals surface area contributed by atoms with Crippen molar-refractivity contribution in [1.82, 2.24) is 14.5 Å². The minimum atomic E-state index is -0.853. The second-order valence-corrected chi connectivity index (χ2v) is 11.9. The van der Waals surface area contributed by atoms with Gasteiger partial charge in [-0.3, -0.25) is 19.1 Å². The number of benzene rings is 2. The van der Waals surface area contributed by atoms with E-state index < -0.39 is 22.9 Å². The van der Waals surface area contributed by atoms with Gasteiger partial charge < -0.3 is 19.6 Å². The molecule has 0 radical (unpaired) electrons. The predicted octanol–water partition coefficient (Wildman–Crippen LogP) is 5.76. The Morgan fingerprint density at radius 1 is 1.14 bits per heavy atom. The number of anilines is 1. The Bertz CT molecular complexity index is 1900. The lowest BCUT2D eigenvalue weighted by molar-refractivity contribution is -0.129. The Hall–Kier alpha value is -4.73.